The predicted molar refractivity (Wildman–Crippen MR) is 75.1 cm³/mol. The van der Waals surface area contributed by atoms with Gasteiger partial charge in [0.1, 0.15) is 5.75 Å². The highest BCUT2D eigenvalue weighted by Crippen LogP contribution is 2.31. The molecule has 1 heterocycles. The lowest BCUT2D eigenvalue weighted by Crippen LogP contribution is -2.31. The van der Waals surface area contributed by atoms with E-state index in [0.717, 1.165) is 48.9 Å². The molecule has 2 N–H and O–H groups in total. The molecule has 0 saturated carbocycles. The van der Waals surface area contributed by atoms with Crippen LogP contribution >= 0.6 is 11.6 Å². The first-order valence-corrected chi connectivity index (χ1v) is 6.69. The third kappa shape index (κ3) is 2.97. The Bertz CT molecular complexity index is 424. The zero-order chi connectivity index (χ0) is 13.2. The van der Waals surface area contributed by atoms with E-state index >= 15 is 0 Å². The number of hydrogen-bond acceptors (Lipinski definition) is 3. The van der Waals surface area contributed by atoms with E-state index in [2.05, 4.69) is 11.8 Å². The summed E-state index contributed by atoms with van der Waals surface area (Å²) >= 11 is 6.23. The maximum Gasteiger partial charge on any atom is 0.119 e. The smallest absolute Gasteiger partial charge is 0.119 e. The largest absolute Gasteiger partial charge is 0.497 e. The molecule has 1 unspecified atom stereocenters. The van der Waals surface area contributed by atoms with Crippen molar-refractivity contribution in [1.82, 2.24) is 4.90 Å². The maximum atomic E-state index is 6.23. The highest BCUT2D eigenvalue weighted by molar-refractivity contribution is 6.31. The minimum Gasteiger partial charge on any atom is -0.497 e. The molecule has 1 atom stereocenters. The summed E-state index contributed by atoms with van der Waals surface area (Å²) < 4.78 is 5.24. The minimum absolute atomic E-state index is 0.255. The van der Waals surface area contributed by atoms with Crippen molar-refractivity contribution in [1.29, 1.82) is 0 Å². The third-order valence-corrected chi connectivity index (χ3v) is 4.15. The molecule has 0 aromatic heterocycles. The van der Waals surface area contributed by atoms with E-state index in [1.807, 2.05) is 18.2 Å². The summed E-state index contributed by atoms with van der Waals surface area (Å²) in [5.74, 6) is 0.857. The molecule has 2 rings (SSSR count). The van der Waals surface area contributed by atoms with Crippen LogP contribution in [0.3, 0.4) is 0 Å². The minimum atomic E-state index is 0.255. The lowest BCUT2D eigenvalue weighted by Gasteiger charge is -2.23. The van der Waals surface area contributed by atoms with Gasteiger partial charge >= 0.3 is 0 Å². The van der Waals surface area contributed by atoms with Crippen LogP contribution in [-0.4, -0.2) is 31.6 Å². The van der Waals surface area contributed by atoms with Crippen molar-refractivity contribution in [2.24, 2.45) is 11.1 Å². The molecule has 1 aliphatic heterocycles. The molecule has 0 amide bonds. The summed E-state index contributed by atoms with van der Waals surface area (Å²) in [4.78, 5) is 2.41. The average Bonchev–Trinajstić information content (AvgIpc) is 2.75. The second kappa shape index (κ2) is 5.47. The first-order valence-electron chi connectivity index (χ1n) is 6.31. The van der Waals surface area contributed by atoms with Gasteiger partial charge in [0.2, 0.25) is 0 Å². The molecule has 0 aliphatic carbocycles. The summed E-state index contributed by atoms with van der Waals surface area (Å²) in [6.45, 7) is 5.99. The number of nitrogens with zero attached hydrogens (tertiary/aromatic N) is 1. The standard InChI is InChI=1S/C14H21ClN2O/c1-14(9-16)5-6-17(10-14)8-11-7-12(18-2)3-4-13(11)15/h3-4,7H,5-6,8-10,16H2,1-2H3. The van der Waals surface area contributed by atoms with Gasteiger partial charge in [0.05, 0.1) is 7.11 Å². The number of ether oxygens (including phenoxy) is 1. The number of rotatable bonds is 4. The van der Waals surface area contributed by atoms with Crippen LogP contribution in [0, 0.1) is 5.41 Å². The van der Waals surface area contributed by atoms with E-state index in [4.69, 9.17) is 22.1 Å². The molecule has 100 valence electrons. The highest BCUT2D eigenvalue weighted by atomic mass is 35.5. The normalized spacial score (nSPS) is 24.4. The second-order valence-corrected chi connectivity index (χ2v) is 5.84. The Morgan fingerprint density at radius 2 is 2.28 bits per heavy atom. The third-order valence-electron chi connectivity index (χ3n) is 3.78. The SMILES string of the molecule is COc1ccc(Cl)c(CN2CCC(C)(CN)C2)c1. The van der Waals surface area contributed by atoms with Gasteiger partial charge in [-0.3, -0.25) is 4.90 Å². The summed E-state index contributed by atoms with van der Waals surface area (Å²) in [7, 11) is 1.67. The van der Waals surface area contributed by atoms with Crippen LogP contribution < -0.4 is 10.5 Å². The fourth-order valence-corrected chi connectivity index (χ4v) is 2.65. The van der Waals surface area contributed by atoms with Crippen molar-refractivity contribution in [3.8, 4) is 5.75 Å². The lowest BCUT2D eigenvalue weighted by atomic mass is 9.90. The van der Waals surface area contributed by atoms with Gasteiger partial charge in [-0.1, -0.05) is 18.5 Å². The van der Waals surface area contributed by atoms with Gasteiger partial charge in [-0.15, -0.1) is 0 Å². The number of halogens is 1. The Morgan fingerprint density at radius 3 is 2.89 bits per heavy atom. The van der Waals surface area contributed by atoms with Crippen LogP contribution in [-0.2, 0) is 6.54 Å². The first-order chi connectivity index (χ1) is 8.56. The Kier molecular flexibility index (Phi) is 4.15. The summed E-state index contributed by atoms with van der Waals surface area (Å²) in [5.41, 5.74) is 7.20. The highest BCUT2D eigenvalue weighted by Gasteiger charge is 2.32. The van der Waals surface area contributed by atoms with Crippen molar-refractivity contribution in [3.05, 3.63) is 28.8 Å². The van der Waals surface area contributed by atoms with Crippen LogP contribution in [0.1, 0.15) is 18.9 Å². The summed E-state index contributed by atoms with van der Waals surface area (Å²) in [5, 5.41) is 0.803. The Labute approximate surface area is 114 Å². The number of benzene rings is 1. The van der Waals surface area contributed by atoms with Gasteiger partial charge in [0, 0.05) is 18.1 Å². The zero-order valence-corrected chi connectivity index (χ0v) is 11.8. The van der Waals surface area contributed by atoms with E-state index in [-0.39, 0.29) is 5.41 Å². The molecule has 1 aromatic carbocycles. The molecule has 0 radical (unpaired) electrons. The van der Waals surface area contributed by atoms with Gasteiger partial charge in [-0.2, -0.15) is 0 Å². The van der Waals surface area contributed by atoms with E-state index in [1.165, 1.54) is 0 Å². The van der Waals surface area contributed by atoms with Crippen LogP contribution in [0.15, 0.2) is 18.2 Å². The predicted octanol–water partition coefficient (Wildman–Crippen LogP) is 2.52. The number of hydrogen-bond donors (Lipinski definition) is 1. The molecule has 1 saturated heterocycles. The lowest BCUT2D eigenvalue weighted by molar-refractivity contribution is 0.274. The van der Waals surface area contributed by atoms with Gasteiger partial charge in [0.25, 0.3) is 0 Å². The molecular weight excluding hydrogens is 248 g/mol. The maximum absolute atomic E-state index is 6.23. The van der Waals surface area contributed by atoms with Crippen LogP contribution in [0.5, 0.6) is 5.75 Å². The fraction of sp³-hybridized carbons (Fsp3) is 0.571. The Hall–Kier alpha value is -0.770. The number of nitrogens with two attached hydrogens (primary N) is 1. The second-order valence-electron chi connectivity index (χ2n) is 5.43. The van der Waals surface area contributed by atoms with Gasteiger partial charge in [-0.25, -0.2) is 0 Å². The van der Waals surface area contributed by atoms with Crippen LogP contribution in [0.25, 0.3) is 0 Å². The first kappa shape index (κ1) is 13.7. The van der Waals surface area contributed by atoms with E-state index in [9.17, 15) is 0 Å². The van der Waals surface area contributed by atoms with Crippen molar-refractivity contribution < 1.29 is 4.74 Å². The van der Waals surface area contributed by atoms with Crippen molar-refractivity contribution in [2.75, 3.05) is 26.7 Å². The Morgan fingerprint density at radius 1 is 1.50 bits per heavy atom. The molecule has 0 spiro atoms. The monoisotopic (exact) mass is 268 g/mol. The van der Waals surface area contributed by atoms with Crippen molar-refractivity contribution in [2.45, 2.75) is 19.9 Å². The molecule has 3 nitrogen and oxygen atoms in total. The summed E-state index contributed by atoms with van der Waals surface area (Å²) in [6.07, 6.45) is 1.16. The van der Waals surface area contributed by atoms with Gasteiger partial charge in [-0.05, 0) is 48.7 Å². The van der Waals surface area contributed by atoms with E-state index in [1.54, 1.807) is 7.11 Å². The molecule has 18 heavy (non-hydrogen) atoms. The van der Waals surface area contributed by atoms with Gasteiger partial charge < -0.3 is 10.5 Å². The van der Waals surface area contributed by atoms with E-state index in [0.29, 0.717) is 0 Å². The number of likely N-dealkylation sites (tertiary alicyclic amines) is 1. The molecule has 1 aliphatic rings. The van der Waals surface area contributed by atoms with Crippen LogP contribution in [0.2, 0.25) is 5.02 Å². The molecular formula is C14H21ClN2O. The molecule has 1 aromatic rings. The van der Waals surface area contributed by atoms with Gasteiger partial charge in [0.15, 0.2) is 0 Å². The average molecular weight is 269 g/mol. The molecule has 4 heteroatoms. The zero-order valence-electron chi connectivity index (χ0n) is 11.1. The topological polar surface area (TPSA) is 38.5 Å². The van der Waals surface area contributed by atoms with E-state index < -0.39 is 0 Å². The van der Waals surface area contributed by atoms with Crippen LogP contribution in [0.4, 0.5) is 0 Å². The van der Waals surface area contributed by atoms with Crippen molar-refractivity contribution >= 4 is 11.6 Å². The van der Waals surface area contributed by atoms with Crippen molar-refractivity contribution in [3.63, 3.8) is 0 Å². The molecule has 1 fully saturated rings. The quantitative estimate of drug-likeness (QED) is 0.912. The molecule has 0 bridgehead atoms. The summed E-state index contributed by atoms with van der Waals surface area (Å²) in [6, 6.07) is 5.80. The Balaban J connectivity index is 2.06. The number of methoxy groups -OCH3 is 1. The fourth-order valence-electron chi connectivity index (χ4n) is 2.47.